The zero-order chi connectivity index (χ0) is 12.1. The number of halogens is 1. The van der Waals surface area contributed by atoms with Crippen LogP contribution in [0, 0.1) is 12.7 Å². The minimum atomic E-state index is -0.163. The molecule has 0 heterocycles. The Hall–Kier alpha value is -1.63. The van der Waals surface area contributed by atoms with Gasteiger partial charge >= 0.3 is 0 Å². The zero-order valence-corrected chi connectivity index (χ0v) is 10.0. The first-order valence-corrected chi connectivity index (χ1v) is 5.29. The van der Waals surface area contributed by atoms with E-state index in [2.05, 4.69) is 6.58 Å². The van der Waals surface area contributed by atoms with E-state index in [4.69, 9.17) is 0 Å². The Balaban J connectivity index is 3.17. The molecule has 1 aromatic carbocycles. The maximum Gasteiger partial charge on any atom is 0.130 e. The smallest absolute Gasteiger partial charge is 0.130 e. The molecular weight excluding hydrogens is 199 g/mol. The Labute approximate surface area is 96.8 Å². The van der Waals surface area contributed by atoms with E-state index in [1.165, 1.54) is 0 Å². The highest BCUT2D eigenvalue weighted by atomic mass is 19.1. The lowest BCUT2D eigenvalue weighted by atomic mass is 10.0. The van der Waals surface area contributed by atoms with Crippen molar-refractivity contribution in [3.05, 3.63) is 65.5 Å². The summed E-state index contributed by atoms with van der Waals surface area (Å²) in [5.74, 6) is -0.163. The first-order valence-electron chi connectivity index (χ1n) is 5.29. The average Bonchev–Trinajstić information content (AvgIpc) is 2.25. The Morgan fingerprint density at radius 3 is 2.56 bits per heavy atom. The van der Waals surface area contributed by atoms with Crippen molar-refractivity contribution in [1.29, 1.82) is 0 Å². The maximum absolute atomic E-state index is 13.7. The number of aryl methyl sites for hydroxylation is 1. The van der Waals surface area contributed by atoms with E-state index in [1.54, 1.807) is 12.1 Å². The van der Waals surface area contributed by atoms with Crippen LogP contribution in [0.4, 0.5) is 4.39 Å². The topological polar surface area (TPSA) is 0 Å². The number of rotatable bonds is 3. The molecule has 0 unspecified atom stereocenters. The lowest BCUT2D eigenvalue weighted by Crippen LogP contribution is -1.90. The van der Waals surface area contributed by atoms with Crippen molar-refractivity contribution >= 4 is 5.57 Å². The first-order chi connectivity index (χ1) is 7.56. The molecular formula is C15H17F. The van der Waals surface area contributed by atoms with E-state index < -0.39 is 0 Å². The molecule has 0 spiro atoms. The largest absolute Gasteiger partial charge is 0.206 e. The summed E-state index contributed by atoms with van der Waals surface area (Å²) in [6, 6.07) is 5.31. The predicted molar refractivity (Wildman–Crippen MR) is 68.7 cm³/mol. The van der Waals surface area contributed by atoms with Crippen LogP contribution in [-0.2, 0) is 0 Å². The normalized spacial score (nSPS) is 12.8. The molecule has 1 aromatic rings. The average molecular weight is 216 g/mol. The number of benzene rings is 1. The summed E-state index contributed by atoms with van der Waals surface area (Å²) in [7, 11) is 0. The molecule has 1 heteroatoms. The lowest BCUT2D eigenvalue weighted by molar-refractivity contribution is 0.622. The van der Waals surface area contributed by atoms with Crippen molar-refractivity contribution in [1.82, 2.24) is 0 Å². The van der Waals surface area contributed by atoms with Gasteiger partial charge in [-0.2, -0.15) is 0 Å². The van der Waals surface area contributed by atoms with Crippen LogP contribution in [0.25, 0.3) is 5.57 Å². The molecule has 0 saturated carbocycles. The molecule has 0 aromatic heterocycles. The van der Waals surface area contributed by atoms with E-state index >= 15 is 0 Å². The summed E-state index contributed by atoms with van der Waals surface area (Å²) >= 11 is 0. The van der Waals surface area contributed by atoms with Gasteiger partial charge in [0.2, 0.25) is 0 Å². The second-order valence-corrected chi connectivity index (χ2v) is 3.89. The predicted octanol–water partition coefficient (Wildman–Crippen LogP) is 4.67. The van der Waals surface area contributed by atoms with E-state index in [-0.39, 0.29) is 5.82 Å². The Kier molecular flexibility index (Phi) is 4.24. The minimum absolute atomic E-state index is 0.163. The summed E-state index contributed by atoms with van der Waals surface area (Å²) in [5.41, 5.74) is 3.60. The van der Waals surface area contributed by atoms with Gasteiger partial charge < -0.3 is 0 Å². The Morgan fingerprint density at radius 1 is 1.31 bits per heavy atom. The van der Waals surface area contributed by atoms with Gasteiger partial charge in [0.25, 0.3) is 0 Å². The molecule has 0 aliphatic rings. The van der Waals surface area contributed by atoms with Crippen LogP contribution in [0.15, 0.2) is 48.6 Å². The zero-order valence-electron chi connectivity index (χ0n) is 10.0. The van der Waals surface area contributed by atoms with Gasteiger partial charge in [-0.05, 0) is 43.5 Å². The quantitative estimate of drug-likeness (QED) is 0.644. The summed E-state index contributed by atoms with van der Waals surface area (Å²) in [6.45, 7) is 9.39. The molecule has 0 atom stereocenters. The summed E-state index contributed by atoms with van der Waals surface area (Å²) in [6.07, 6.45) is 5.49. The molecule has 0 saturated heterocycles. The first kappa shape index (κ1) is 12.4. The second kappa shape index (κ2) is 5.45. The van der Waals surface area contributed by atoms with Crippen LogP contribution in [0.5, 0.6) is 0 Å². The van der Waals surface area contributed by atoms with Crippen LogP contribution >= 0.6 is 0 Å². The number of hydrogen-bond donors (Lipinski definition) is 0. The Morgan fingerprint density at radius 2 is 2.00 bits per heavy atom. The van der Waals surface area contributed by atoms with E-state index in [1.807, 2.05) is 45.1 Å². The van der Waals surface area contributed by atoms with Crippen LogP contribution in [0.3, 0.4) is 0 Å². The van der Waals surface area contributed by atoms with Crippen molar-refractivity contribution in [3.8, 4) is 0 Å². The molecule has 0 amide bonds. The highest BCUT2D eigenvalue weighted by Gasteiger charge is 2.05. The third kappa shape index (κ3) is 2.93. The fourth-order valence-corrected chi connectivity index (χ4v) is 1.47. The summed E-state index contributed by atoms with van der Waals surface area (Å²) < 4.78 is 13.7. The summed E-state index contributed by atoms with van der Waals surface area (Å²) in [4.78, 5) is 0. The molecule has 16 heavy (non-hydrogen) atoms. The van der Waals surface area contributed by atoms with Crippen molar-refractivity contribution in [2.24, 2.45) is 0 Å². The second-order valence-electron chi connectivity index (χ2n) is 3.89. The van der Waals surface area contributed by atoms with Gasteiger partial charge in [-0.3, -0.25) is 0 Å². The highest BCUT2D eigenvalue weighted by molar-refractivity contribution is 5.69. The SMILES string of the molecule is C=C/C=C\C(C)=C(/C)c1ccc(C)cc1F. The van der Waals surface area contributed by atoms with Crippen molar-refractivity contribution in [3.63, 3.8) is 0 Å². The third-order valence-electron chi connectivity index (χ3n) is 2.60. The molecule has 1 rings (SSSR count). The van der Waals surface area contributed by atoms with Gasteiger partial charge in [0.05, 0.1) is 0 Å². The van der Waals surface area contributed by atoms with Gasteiger partial charge in [-0.15, -0.1) is 0 Å². The number of allylic oxidation sites excluding steroid dienone is 5. The standard InChI is InChI=1S/C15H17F/c1-5-6-7-12(3)13(4)14-9-8-11(2)10-15(14)16/h5-10H,1H2,2-4H3/b7-6-,13-12+. The van der Waals surface area contributed by atoms with Crippen LogP contribution < -0.4 is 0 Å². The molecule has 0 N–H and O–H groups in total. The molecule has 0 radical (unpaired) electrons. The van der Waals surface area contributed by atoms with Gasteiger partial charge in [-0.25, -0.2) is 4.39 Å². The Bertz CT molecular complexity index is 451. The van der Waals surface area contributed by atoms with Crippen molar-refractivity contribution < 1.29 is 4.39 Å². The fourth-order valence-electron chi connectivity index (χ4n) is 1.47. The van der Waals surface area contributed by atoms with Crippen molar-refractivity contribution in [2.75, 3.05) is 0 Å². The number of hydrogen-bond acceptors (Lipinski definition) is 0. The van der Waals surface area contributed by atoms with Crippen LogP contribution in [0.2, 0.25) is 0 Å². The fraction of sp³-hybridized carbons (Fsp3) is 0.200. The van der Waals surface area contributed by atoms with Gasteiger partial charge in [-0.1, -0.05) is 36.9 Å². The monoisotopic (exact) mass is 216 g/mol. The van der Waals surface area contributed by atoms with Crippen molar-refractivity contribution in [2.45, 2.75) is 20.8 Å². The summed E-state index contributed by atoms with van der Waals surface area (Å²) in [5, 5.41) is 0. The molecule has 0 bridgehead atoms. The highest BCUT2D eigenvalue weighted by Crippen LogP contribution is 2.22. The van der Waals surface area contributed by atoms with Crippen LogP contribution in [-0.4, -0.2) is 0 Å². The van der Waals surface area contributed by atoms with E-state index in [0.717, 1.165) is 16.7 Å². The molecule has 0 fully saturated rings. The third-order valence-corrected chi connectivity index (χ3v) is 2.60. The van der Waals surface area contributed by atoms with Crippen LogP contribution in [0.1, 0.15) is 25.0 Å². The van der Waals surface area contributed by atoms with Gasteiger partial charge in [0.1, 0.15) is 5.82 Å². The minimum Gasteiger partial charge on any atom is -0.206 e. The lowest BCUT2D eigenvalue weighted by Gasteiger charge is -2.07. The molecule has 84 valence electrons. The molecule has 0 aliphatic carbocycles. The van der Waals surface area contributed by atoms with E-state index in [9.17, 15) is 4.39 Å². The maximum atomic E-state index is 13.7. The van der Waals surface area contributed by atoms with Gasteiger partial charge in [0, 0.05) is 5.56 Å². The van der Waals surface area contributed by atoms with E-state index in [0.29, 0.717) is 5.56 Å². The molecule has 0 nitrogen and oxygen atoms in total. The molecule has 0 aliphatic heterocycles. The van der Waals surface area contributed by atoms with Gasteiger partial charge in [0.15, 0.2) is 0 Å².